The highest BCUT2D eigenvalue weighted by molar-refractivity contribution is 8.15. The summed E-state index contributed by atoms with van der Waals surface area (Å²) in [5.41, 5.74) is -0.930. The Bertz CT molecular complexity index is 342. The van der Waals surface area contributed by atoms with Crippen LogP contribution in [0, 0.1) is 0 Å². The van der Waals surface area contributed by atoms with Gasteiger partial charge in [0.1, 0.15) is 0 Å². The first-order chi connectivity index (χ1) is 11.0. The smallest absolute Gasteiger partial charge is 0.216 e. The van der Waals surface area contributed by atoms with E-state index in [4.69, 9.17) is 138 Å². The second-order valence-electron chi connectivity index (χ2n) is 4.88. The third-order valence-corrected chi connectivity index (χ3v) is 10.00. The zero-order valence-corrected chi connectivity index (χ0v) is 20.8. The third kappa shape index (κ3) is 8.95. The zero-order valence-electron chi connectivity index (χ0n) is 11.7. The number of halogens is 12. The van der Waals surface area contributed by atoms with E-state index in [0.717, 1.165) is 0 Å². The van der Waals surface area contributed by atoms with E-state index in [1.165, 1.54) is 0 Å². The van der Waals surface area contributed by atoms with Crippen LogP contribution in [0.2, 0.25) is 0 Å². The van der Waals surface area contributed by atoms with Crippen LogP contribution in [-0.4, -0.2) is 72.3 Å². The third-order valence-electron chi connectivity index (χ3n) is 3.10. The molecule has 0 N–H and O–H groups in total. The molecule has 24 heavy (non-hydrogen) atoms. The number of rotatable bonds is 11. The van der Waals surface area contributed by atoms with Gasteiger partial charge in [0.05, 0.1) is 7.06 Å². The molecule has 0 aliphatic carbocycles. The van der Waals surface area contributed by atoms with Crippen LogP contribution in [0.25, 0.3) is 0 Å². The SMILES string of the molecule is ClBBB(Cl)B(Cl)B(Cl)B(Cl)B(Cl)B(Cl)B(Cl)B(Cl)B(Cl)B(Cl)Cl. The van der Waals surface area contributed by atoms with Gasteiger partial charge in [-0.1, -0.05) is 0 Å². The minimum atomic E-state index is -0.930. The molecule has 0 nitrogen and oxygen atoms in total. The molecule has 0 spiro atoms. The molecule has 0 unspecified atom stereocenters. The maximum absolute atomic E-state index is 6.30. The van der Waals surface area contributed by atoms with Crippen LogP contribution in [0.15, 0.2) is 0 Å². The Kier molecular flexibility index (Phi) is 16.8. The topological polar surface area (TPSA) is 0 Å². The van der Waals surface area contributed by atoms with Gasteiger partial charge in [-0.3, -0.25) is 0 Å². The van der Waals surface area contributed by atoms with Crippen molar-refractivity contribution in [2.45, 2.75) is 0 Å². The van der Waals surface area contributed by atoms with Gasteiger partial charge in [-0.15, -0.1) is 0 Å². The first-order valence-corrected chi connectivity index (χ1v) is 11.9. The van der Waals surface area contributed by atoms with E-state index in [9.17, 15) is 0 Å². The lowest BCUT2D eigenvalue weighted by Gasteiger charge is -2.22. The van der Waals surface area contributed by atoms with E-state index in [2.05, 4.69) is 0 Å². The van der Waals surface area contributed by atoms with Crippen LogP contribution in [0.5, 0.6) is 0 Å². The molecule has 0 amide bonds. The standard InChI is InChI=1S/B12Cl12H2/c13-2-1-3(14)4(15)5(16)6(17)7(18)8(19)9(20)10(21)11(22)12(23)24/h1-2H. The van der Waals surface area contributed by atoms with Gasteiger partial charge in [-0.05, 0) is 0 Å². The van der Waals surface area contributed by atoms with E-state index in [0.29, 0.717) is 13.6 Å². The molecule has 0 bridgehead atoms. The van der Waals surface area contributed by atoms with Gasteiger partial charge in [0.25, 0.3) is 0 Å². The predicted octanol–water partition coefficient (Wildman–Crippen LogP) is 3.17. The lowest BCUT2D eigenvalue weighted by Crippen LogP contribution is -2.62. The summed E-state index contributed by atoms with van der Waals surface area (Å²) in [6, 6.07) is 0. The normalized spacial score (nSPS) is 9.67. The van der Waals surface area contributed by atoms with Crippen molar-refractivity contribution in [1.82, 2.24) is 0 Å². The monoisotopic (exact) mass is 554 g/mol. The summed E-state index contributed by atoms with van der Waals surface area (Å²) in [4.78, 5) is 0. The van der Waals surface area contributed by atoms with Crippen molar-refractivity contribution in [2.75, 3.05) is 0 Å². The van der Waals surface area contributed by atoms with E-state index in [1.54, 1.807) is 0 Å². The molecule has 0 aromatic heterocycles. The van der Waals surface area contributed by atoms with Crippen molar-refractivity contribution in [2.24, 2.45) is 0 Å². The summed E-state index contributed by atoms with van der Waals surface area (Å²) in [5.74, 6) is -7.05. The average Bonchev–Trinajstić information content (AvgIpc) is 2.56. The molecule has 0 aromatic carbocycles. The summed E-state index contributed by atoms with van der Waals surface area (Å²) in [7, 11) is 0.462. The van der Waals surface area contributed by atoms with Gasteiger partial charge in [0, 0.05) is 0 Å². The van der Waals surface area contributed by atoms with E-state index in [1.807, 2.05) is 0 Å². The molecule has 0 radical (unpaired) electrons. The maximum atomic E-state index is 6.30. The largest absolute Gasteiger partial charge is 0.329 e. The molecule has 0 aromatic rings. The highest BCUT2D eigenvalue weighted by Crippen LogP contribution is 2.24. The molecule has 0 aliphatic heterocycles. The molecular weight excluding hydrogens is 555 g/mol. The lowest BCUT2D eigenvalue weighted by molar-refractivity contribution is 3.41. The maximum Gasteiger partial charge on any atom is 0.329 e. The molecule has 0 rings (SSSR count). The van der Waals surface area contributed by atoms with Gasteiger partial charge in [0.15, 0.2) is 12.5 Å². The Hall–Kier alpha value is 4.26. The summed E-state index contributed by atoms with van der Waals surface area (Å²) in [6.45, 7) is 0.337. The Labute approximate surface area is 207 Å². The summed E-state index contributed by atoms with van der Waals surface area (Å²) < 4.78 is 0. The number of hydrogen-bond donors (Lipinski definition) is 0. The highest BCUT2D eigenvalue weighted by atomic mass is 35.5. The van der Waals surface area contributed by atoms with Crippen LogP contribution < -0.4 is 0 Å². The minimum Gasteiger partial charge on any atom is -0.216 e. The van der Waals surface area contributed by atoms with Crippen molar-refractivity contribution in [3.8, 4) is 0 Å². The van der Waals surface area contributed by atoms with E-state index in [-0.39, 0.29) is 0 Å². The molecule has 0 fully saturated rings. The predicted molar refractivity (Wildman–Crippen MR) is 142 cm³/mol. The summed E-state index contributed by atoms with van der Waals surface area (Å²) in [6.07, 6.45) is 0. The Balaban J connectivity index is 4.89. The summed E-state index contributed by atoms with van der Waals surface area (Å²) >= 11 is 72.8. The molecule has 0 heterocycles. The van der Waals surface area contributed by atoms with Gasteiger partial charge >= 0.3 is 5.43 Å². The lowest BCUT2D eigenvalue weighted by atomic mass is 8.83. The first kappa shape index (κ1) is 28.3. The first-order valence-electron chi connectivity index (χ1n) is 6.58. The number of hydrogen-bond acceptors (Lipinski definition) is 0. The quantitative estimate of drug-likeness (QED) is 0.343. The van der Waals surface area contributed by atoms with Crippen LogP contribution in [0.4, 0.5) is 0 Å². The van der Waals surface area contributed by atoms with Crippen LogP contribution in [0.3, 0.4) is 0 Å². The fraction of sp³-hybridized carbons (Fsp3) is 0. The van der Waals surface area contributed by atoms with Gasteiger partial charge in [-0.2, -0.15) is 22.9 Å². The zero-order chi connectivity index (χ0) is 19.2. The molecule has 0 saturated carbocycles. The minimum absolute atomic E-state index is 0.337. The fourth-order valence-corrected chi connectivity index (χ4v) is 5.58. The average molecular weight is 557 g/mol. The second-order valence-corrected chi connectivity index (χ2v) is 11.0. The molecule has 24 heteroatoms. The van der Waals surface area contributed by atoms with Gasteiger partial charge < -0.3 is 0 Å². The fourth-order valence-electron chi connectivity index (χ4n) is 1.66. The Morgan fingerprint density at radius 2 is 0.708 bits per heavy atom. The Morgan fingerprint density at radius 1 is 0.417 bits per heavy atom. The van der Waals surface area contributed by atoms with Crippen molar-refractivity contribution < 1.29 is 0 Å². The van der Waals surface area contributed by atoms with E-state index >= 15 is 0 Å². The second kappa shape index (κ2) is 14.3. The van der Waals surface area contributed by atoms with Crippen LogP contribution >= 0.6 is 138 Å². The van der Waals surface area contributed by atoms with Crippen LogP contribution in [-0.2, 0) is 0 Å². The van der Waals surface area contributed by atoms with Gasteiger partial charge in [-0.25, -0.2) is 115 Å². The van der Waals surface area contributed by atoms with Crippen molar-refractivity contribution >= 4 is 210 Å². The molecule has 0 saturated heterocycles. The van der Waals surface area contributed by atoms with Gasteiger partial charge in [0.2, 0.25) is 47.3 Å². The molecule has 122 valence electrons. The molecular formula is H2B12Cl12. The highest BCUT2D eigenvalue weighted by Gasteiger charge is 2.54. The molecule has 0 aliphatic rings. The van der Waals surface area contributed by atoms with Crippen molar-refractivity contribution in [1.29, 1.82) is 0 Å². The van der Waals surface area contributed by atoms with Crippen LogP contribution in [0.1, 0.15) is 0 Å². The summed E-state index contributed by atoms with van der Waals surface area (Å²) in [5, 5.41) is 0. The van der Waals surface area contributed by atoms with E-state index < -0.39 is 58.6 Å². The molecule has 0 atom stereocenters. The van der Waals surface area contributed by atoms with Crippen molar-refractivity contribution in [3.63, 3.8) is 0 Å². The van der Waals surface area contributed by atoms with Crippen molar-refractivity contribution in [3.05, 3.63) is 0 Å². The Morgan fingerprint density at radius 3 is 1.00 bits per heavy atom.